The maximum absolute atomic E-state index is 14.6. The molecule has 0 radical (unpaired) electrons. The van der Waals surface area contributed by atoms with E-state index in [9.17, 15) is 14.3 Å². The van der Waals surface area contributed by atoms with Crippen LogP contribution in [0.2, 0.25) is 0 Å². The zero-order chi connectivity index (χ0) is 21.5. The highest BCUT2D eigenvalue weighted by molar-refractivity contribution is 5.98. The van der Waals surface area contributed by atoms with Crippen molar-refractivity contribution in [3.05, 3.63) is 53.9 Å². The number of aromatic nitrogens is 6. The van der Waals surface area contributed by atoms with Gasteiger partial charge in [-0.15, -0.1) is 4.80 Å². The summed E-state index contributed by atoms with van der Waals surface area (Å²) in [5.41, 5.74) is -0.396. The van der Waals surface area contributed by atoms with Gasteiger partial charge in [0, 0.05) is 12.6 Å². The number of hydrogen-bond acceptors (Lipinski definition) is 6. The quantitative estimate of drug-likeness (QED) is 0.703. The molecule has 2 atom stereocenters. The van der Waals surface area contributed by atoms with Crippen LogP contribution in [-0.4, -0.2) is 58.5 Å². The van der Waals surface area contributed by atoms with Crippen molar-refractivity contribution in [3.63, 3.8) is 0 Å². The van der Waals surface area contributed by atoms with E-state index in [1.807, 2.05) is 6.92 Å². The summed E-state index contributed by atoms with van der Waals surface area (Å²) < 4.78 is 14.6. The molecule has 3 aromatic rings. The second-order valence-electron chi connectivity index (χ2n) is 8.10. The first kappa shape index (κ1) is 20.1. The summed E-state index contributed by atoms with van der Waals surface area (Å²) in [7, 11) is 0. The Balaban J connectivity index is 1.63. The molecule has 9 nitrogen and oxygen atoms in total. The van der Waals surface area contributed by atoms with Crippen LogP contribution in [-0.2, 0) is 5.60 Å². The zero-order valence-corrected chi connectivity index (χ0v) is 17.1. The van der Waals surface area contributed by atoms with E-state index >= 15 is 0 Å². The third kappa shape index (κ3) is 3.70. The van der Waals surface area contributed by atoms with E-state index in [0.717, 1.165) is 17.6 Å². The molecule has 0 saturated carbocycles. The number of carbonyl (C=O) groups excluding carboxylic acids is 1. The van der Waals surface area contributed by atoms with Crippen LogP contribution >= 0.6 is 0 Å². The predicted octanol–water partition coefficient (Wildman–Crippen LogP) is 2.09. The van der Waals surface area contributed by atoms with E-state index in [2.05, 4.69) is 20.4 Å². The van der Waals surface area contributed by atoms with Crippen molar-refractivity contribution < 1.29 is 14.3 Å². The lowest BCUT2D eigenvalue weighted by molar-refractivity contribution is 0.0532. The highest BCUT2D eigenvalue weighted by Crippen LogP contribution is 2.29. The molecular weight excluding hydrogens is 389 g/mol. The van der Waals surface area contributed by atoms with Gasteiger partial charge in [0.25, 0.3) is 5.91 Å². The summed E-state index contributed by atoms with van der Waals surface area (Å²) in [6, 6.07) is 4.20. The van der Waals surface area contributed by atoms with Gasteiger partial charge in [-0.2, -0.15) is 25.2 Å². The van der Waals surface area contributed by atoms with Crippen molar-refractivity contribution in [2.45, 2.75) is 51.3 Å². The summed E-state index contributed by atoms with van der Waals surface area (Å²) in [4.78, 5) is 17.8. The van der Waals surface area contributed by atoms with Crippen LogP contribution in [0.15, 0.2) is 36.8 Å². The Morgan fingerprint density at radius 2 is 1.93 bits per heavy atom. The van der Waals surface area contributed by atoms with Gasteiger partial charge in [0.05, 0.1) is 30.2 Å². The molecular formula is C20H24FN7O2. The lowest BCUT2D eigenvalue weighted by Crippen LogP contribution is -2.46. The highest BCUT2D eigenvalue weighted by atomic mass is 19.1. The van der Waals surface area contributed by atoms with Gasteiger partial charge >= 0.3 is 0 Å². The molecule has 1 N–H and O–H groups in total. The number of halogens is 1. The predicted molar refractivity (Wildman–Crippen MR) is 105 cm³/mol. The average Bonchev–Trinajstić information content (AvgIpc) is 3.39. The highest BCUT2D eigenvalue weighted by Gasteiger charge is 2.34. The monoisotopic (exact) mass is 413 g/mol. The van der Waals surface area contributed by atoms with E-state index in [-0.39, 0.29) is 29.2 Å². The number of para-hydroxylation sites is 1. The molecule has 1 aliphatic rings. The van der Waals surface area contributed by atoms with E-state index in [1.54, 1.807) is 29.6 Å². The zero-order valence-electron chi connectivity index (χ0n) is 17.1. The van der Waals surface area contributed by atoms with Crippen LogP contribution in [0, 0.1) is 5.82 Å². The van der Waals surface area contributed by atoms with Crippen LogP contribution in [0.1, 0.15) is 55.7 Å². The van der Waals surface area contributed by atoms with Crippen molar-refractivity contribution in [2.24, 2.45) is 0 Å². The number of benzene rings is 1. The maximum atomic E-state index is 14.6. The molecule has 1 fully saturated rings. The molecule has 0 aliphatic carbocycles. The van der Waals surface area contributed by atoms with Crippen molar-refractivity contribution >= 4 is 5.91 Å². The van der Waals surface area contributed by atoms with Crippen LogP contribution in [0.3, 0.4) is 0 Å². The van der Waals surface area contributed by atoms with Gasteiger partial charge in [-0.05, 0) is 45.7 Å². The SMILES string of the molecule is C[C@@H]1CC[C@@H](n2ncc(C(C)(C)O)n2)CN1C(=O)c1cccc(F)c1-n1nccn1. The summed E-state index contributed by atoms with van der Waals surface area (Å²) in [5, 5.41) is 26.8. The fourth-order valence-corrected chi connectivity index (χ4v) is 3.67. The third-order valence-corrected chi connectivity index (χ3v) is 5.42. The molecule has 1 aromatic carbocycles. The molecule has 1 aliphatic heterocycles. The molecule has 1 saturated heterocycles. The molecule has 30 heavy (non-hydrogen) atoms. The van der Waals surface area contributed by atoms with Gasteiger partial charge in [-0.3, -0.25) is 4.79 Å². The maximum Gasteiger partial charge on any atom is 0.256 e. The number of nitrogens with zero attached hydrogens (tertiary/aromatic N) is 7. The summed E-state index contributed by atoms with van der Waals surface area (Å²) >= 11 is 0. The van der Waals surface area contributed by atoms with Crippen LogP contribution in [0.25, 0.3) is 5.69 Å². The number of hydrogen-bond donors (Lipinski definition) is 1. The van der Waals surface area contributed by atoms with E-state index in [4.69, 9.17) is 0 Å². The molecule has 158 valence electrons. The summed E-state index contributed by atoms with van der Waals surface area (Å²) in [6.07, 6.45) is 5.95. The van der Waals surface area contributed by atoms with Crippen molar-refractivity contribution in [1.82, 2.24) is 34.9 Å². The Morgan fingerprint density at radius 3 is 2.60 bits per heavy atom. The number of piperidine rings is 1. The van der Waals surface area contributed by atoms with Gasteiger partial charge in [-0.1, -0.05) is 6.07 Å². The summed E-state index contributed by atoms with van der Waals surface area (Å²) in [5.74, 6) is -0.865. The number of rotatable bonds is 4. The number of carbonyl (C=O) groups is 1. The number of aliphatic hydroxyl groups is 1. The van der Waals surface area contributed by atoms with Gasteiger partial charge in [-0.25, -0.2) is 4.39 Å². The second kappa shape index (κ2) is 7.60. The smallest absolute Gasteiger partial charge is 0.256 e. The van der Waals surface area contributed by atoms with Crippen molar-refractivity contribution in [2.75, 3.05) is 6.54 Å². The Labute approximate surface area is 173 Å². The number of likely N-dealkylation sites (tertiary alicyclic amines) is 1. The molecule has 4 rings (SSSR count). The Hall–Kier alpha value is -3.14. The normalized spacial score (nSPS) is 19.8. The molecule has 0 unspecified atom stereocenters. The van der Waals surface area contributed by atoms with E-state index in [1.165, 1.54) is 30.7 Å². The molecule has 0 spiro atoms. The molecule has 10 heteroatoms. The number of amides is 1. The van der Waals surface area contributed by atoms with Crippen LogP contribution < -0.4 is 0 Å². The third-order valence-electron chi connectivity index (χ3n) is 5.42. The second-order valence-corrected chi connectivity index (χ2v) is 8.10. The Morgan fingerprint density at radius 1 is 1.20 bits per heavy atom. The average molecular weight is 413 g/mol. The first-order valence-electron chi connectivity index (χ1n) is 9.86. The first-order valence-corrected chi connectivity index (χ1v) is 9.86. The molecule has 3 heterocycles. The van der Waals surface area contributed by atoms with E-state index < -0.39 is 11.4 Å². The lowest BCUT2D eigenvalue weighted by atomic mass is 9.98. The fourth-order valence-electron chi connectivity index (χ4n) is 3.67. The summed E-state index contributed by atoms with van der Waals surface area (Å²) in [6.45, 7) is 5.64. The Bertz CT molecular complexity index is 1040. The first-order chi connectivity index (χ1) is 14.3. The van der Waals surface area contributed by atoms with Crippen molar-refractivity contribution in [3.8, 4) is 5.69 Å². The minimum atomic E-state index is -1.09. The Kier molecular flexibility index (Phi) is 5.10. The molecule has 1 amide bonds. The lowest BCUT2D eigenvalue weighted by Gasteiger charge is -2.37. The molecule has 2 aromatic heterocycles. The molecule has 0 bridgehead atoms. The van der Waals surface area contributed by atoms with Gasteiger partial charge in [0.1, 0.15) is 17.0 Å². The fraction of sp³-hybridized carbons (Fsp3) is 0.450. The van der Waals surface area contributed by atoms with E-state index in [0.29, 0.717) is 12.2 Å². The van der Waals surface area contributed by atoms with Crippen LogP contribution in [0.4, 0.5) is 4.39 Å². The van der Waals surface area contributed by atoms with Crippen molar-refractivity contribution in [1.29, 1.82) is 0 Å². The minimum Gasteiger partial charge on any atom is -0.384 e. The van der Waals surface area contributed by atoms with Gasteiger partial charge < -0.3 is 10.0 Å². The van der Waals surface area contributed by atoms with Gasteiger partial charge in [0.2, 0.25) is 0 Å². The minimum absolute atomic E-state index is 0.0280. The standard InChI is InChI=1S/C20H24FN7O2/c1-13-7-8-14(27-24-11-17(25-27)20(2,3)30)12-26(13)19(29)15-5-4-6-16(21)18(15)28-22-9-10-23-28/h4-6,9-11,13-14,30H,7-8,12H2,1-3H3/t13-,14-/m1/s1. The van der Waals surface area contributed by atoms with Gasteiger partial charge in [0.15, 0.2) is 5.82 Å². The largest absolute Gasteiger partial charge is 0.384 e. The van der Waals surface area contributed by atoms with Crippen LogP contribution in [0.5, 0.6) is 0 Å². The topological polar surface area (TPSA) is 102 Å².